The molecule has 46 valence electrons. The molecule has 0 aromatic heterocycles. The van der Waals surface area contributed by atoms with Gasteiger partial charge in [-0.3, -0.25) is 0 Å². The molecule has 9 heavy (non-hydrogen) atoms. The van der Waals surface area contributed by atoms with Crippen LogP contribution in [0, 0.1) is 0 Å². The maximum absolute atomic E-state index is 9.55. The summed E-state index contributed by atoms with van der Waals surface area (Å²) in [5, 5.41) is 15.6. The Hall–Kier alpha value is -0.723. The van der Waals surface area contributed by atoms with E-state index in [4.69, 9.17) is 10.2 Å². The molecule has 0 heterocycles. The summed E-state index contributed by atoms with van der Waals surface area (Å²) in [7, 11) is 0. The molecule has 4 nitrogen and oxygen atoms in total. The van der Waals surface area contributed by atoms with Gasteiger partial charge >= 0.3 is 30.8 Å². The summed E-state index contributed by atoms with van der Waals surface area (Å²) in [6.45, 7) is 0. The van der Waals surface area contributed by atoms with Gasteiger partial charge in [0.25, 0.3) is 0 Å². The molecule has 0 amide bonds. The van der Waals surface area contributed by atoms with Crippen molar-refractivity contribution in [3.63, 3.8) is 0 Å². The Morgan fingerprint density at radius 1 is 1.11 bits per heavy atom. The number of rotatable bonds is 2. The van der Waals surface area contributed by atoms with Crippen LogP contribution in [0.4, 0.5) is 0 Å². The van der Waals surface area contributed by atoms with E-state index in [9.17, 15) is 9.59 Å². The summed E-state index contributed by atoms with van der Waals surface area (Å²) in [5.41, 5.74) is 0. The summed E-state index contributed by atoms with van der Waals surface area (Å²) >= 11 is 0. The van der Waals surface area contributed by atoms with Crippen LogP contribution in [-0.2, 0) is 9.59 Å². The number of aliphatic carboxylic acids is 2. The predicted molar refractivity (Wildman–Crippen MR) is 25.5 cm³/mol. The molecular formula is C4H5LiO4. The Bertz CT molecular complexity index is 128. The van der Waals surface area contributed by atoms with Crippen molar-refractivity contribution < 1.29 is 40.1 Å². The molecule has 0 fully saturated rings. The number of hydrogen-bond donors (Lipinski definition) is 2. The van der Waals surface area contributed by atoms with Crippen molar-refractivity contribution in [3.05, 3.63) is 12.2 Å². The Labute approximate surface area is 64.8 Å². The normalized spacial score (nSPS) is 8.44. The van der Waals surface area contributed by atoms with Crippen LogP contribution in [0.2, 0.25) is 0 Å². The van der Waals surface area contributed by atoms with Gasteiger partial charge in [0.05, 0.1) is 0 Å². The number of hydrogen-bond acceptors (Lipinski definition) is 2. The van der Waals surface area contributed by atoms with E-state index in [0.29, 0.717) is 12.2 Å². The van der Waals surface area contributed by atoms with E-state index in [0.717, 1.165) is 0 Å². The topological polar surface area (TPSA) is 74.6 Å². The summed E-state index contributed by atoms with van der Waals surface area (Å²) < 4.78 is 0. The predicted octanol–water partition coefficient (Wildman–Crippen LogP) is -3.17. The zero-order chi connectivity index (χ0) is 6.57. The molecule has 0 aromatic carbocycles. The van der Waals surface area contributed by atoms with Gasteiger partial charge in [-0.05, 0) is 0 Å². The van der Waals surface area contributed by atoms with Crippen molar-refractivity contribution in [2.75, 3.05) is 0 Å². The maximum atomic E-state index is 9.55. The molecule has 0 aliphatic rings. The van der Waals surface area contributed by atoms with Crippen LogP contribution in [0.1, 0.15) is 1.43 Å². The molecule has 0 unspecified atom stereocenters. The second-order valence-corrected chi connectivity index (χ2v) is 1.01. The van der Waals surface area contributed by atoms with Crippen LogP contribution in [0.25, 0.3) is 0 Å². The second-order valence-electron chi connectivity index (χ2n) is 1.01. The van der Waals surface area contributed by atoms with Crippen LogP contribution < -0.4 is 18.9 Å². The van der Waals surface area contributed by atoms with Crippen molar-refractivity contribution in [1.82, 2.24) is 0 Å². The molecule has 0 atom stereocenters. The summed E-state index contributed by atoms with van der Waals surface area (Å²) in [6.07, 6.45) is 1.12. The standard InChI is InChI=1S/C4H4O4.Li.H/c5-3(6)1-2-4(7)8;;/h1-2H,(H,5,6)(H,7,8);;/q;+1;-1. The smallest absolute Gasteiger partial charge is 1.00 e. The average molecular weight is 124 g/mol. The Kier molecular flexibility index (Phi) is 6.69. The van der Waals surface area contributed by atoms with E-state index in [1.165, 1.54) is 0 Å². The van der Waals surface area contributed by atoms with Crippen molar-refractivity contribution in [3.8, 4) is 0 Å². The minimum absolute atomic E-state index is 0. The van der Waals surface area contributed by atoms with Crippen LogP contribution in [-0.4, -0.2) is 22.2 Å². The minimum Gasteiger partial charge on any atom is -1.00 e. The summed E-state index contributed by atoms with van der Waals surface area (Å²) in [4.78, 5) is 19.1. The van der Waals surface area contributed by atoms with Crippen molar-refractivity contribution in [1.29, 1.82) is 0 Å². The monoisotopic (exact) mass is 124 g/mol. The maximum Gasteiger partial charge on any atom is 1.00 e. The van der Waals surface area contributed by atoms with Gasteiger partial charge in [-0.1, -0.05) is 0 Å². The molecular weight excluding hydrogens is 119 g/mol. The van der Waals surface area contributed by atoms with Gasteiger partial charge < -0.3 is 11.6 Å². The molecule has 0 bridgehead atoms. The minimum atomic E-state index is -1.26. The van der Waals surface area contributed by atoms with Gasteiger partial charge in [-0.15, -0.1) is 0 Å². The largest absolute Gasteiger partial charge is 1.00 e. The van der Waals surface area contributed by atoms with Crippen LogP contribution >= 0.6 is 0 Å². The first-order valence-corrected chi connectivity index (χ1v) is 1.77. The molecule has 0 radical (unpaired) electrons. The van der Waals surface area contributed by atoms with Gasteiger partial charge in [0.2, 0.25) is 0 Å². The van der Waals surface area contributed by atoms with Crippen molar-refractivity contribution in [2.45, 2.75) is 0 Å². The second kappa shape index (κ2) is 5.41. The van der Waals surface area contributed by atoms with Crippen LogP contribution in [0.3, 0.4) is 0 Å². The molecule has 5 heteroatoms. The van der Waals surface area contributed by atoms with Crippen molar-refractivity contribution >= 4 is 11.9 Å². The van der Waals surface area contributed by atoms with E-state index in [1.807, 2.05) is 0 Å². The van der Waals surface area contributed by atoms with E-state index in [-0.39, 0.29) is 20.3 Å². The van der Waals surface area contributed by atoms with Crippen LogP contribution in [0.15, 0.2) is 12.2 Å². The first-order chi connectivity index (χ1) is 3.63. The summed E-state index contributed by atoms with van der Waals surface area (Å²) in [5.74, 6) is -2.51. The van der Waals surface area contributed by atoms with E-state index in [2.05, 4.69) is 0 Å². The third-order valence-electron chi connectivity index (χ3n) is 0.368. The fourth-order valence-corrected chi connectivity index (χ4v) is 0.143. The third kappa shape index (κ3) is 11.1. The Balaban J connectivity index is -0.000000245. The SMILES string of the molecule is O=C(O)C=CC(=O)O.[H-].[Li+]. The Morgan fingerprint density at radius 2 is 1.33 bits per heavy atom. The zero-order valence-corrected chi connectivity index (χ0v) is 4.87. The van der Waals surface area contributed by atoms with E-state index < -0.39 is 11.9 Å². The molecule has 0 spiro atoms. The van der Waals surface area contributed by atoms with Gasteiger partial charge in [0.1, 0.15) is 0 Å². The van der Waals surface area contributed by atoms with Crippen molar-refractivity contribution in [2.24, 2.45) is 0 Å². The zero-order valence-electron chi connectivity index (χ0n) is 5.87. The van der Waals surface area contributed by atoms with Gasteiger partial charge in [-0.25, -0.2) is 9.59 Å². The van der Waals surface area contributed by atoms with Crippen LogP contribution in [0.5, 0.6) is 0 Å². The van der Waals surface area contributed by atoms with E-state index in [1.54, 1.807) is 0 Å². The van der Waals surface area contributed by atoms with Gasteiger partial charge in [-0.2, -0.15) is 0 Å². The molecule has 0 aliphatic carbocycles. The quantitative estimate of drug-likeness (QED) is 0.301. The molecule has 0 saturated heterocycles. The number of carbonyl (C=O) groups is 2. The fraction of sp³-hybridized carbons (Fsp3) is 0. The molecule has 0 aromatic rings. The fourth-order valence-electron chi connectivity index (χ4n) is 0.143. The van der Waals surface area contributed by atoms with Gasteiger partial charge in [0.15, 0.2) is 0 Å². The average Bonchev–Trinajstić information content (AvgIpc) is 1.61. The van der Waals surface area contributed by atoms with Gasteiger partial charge in [0, 0.05) is 12.2 Å². The first kappa shape index (κ1) is 11.1. The Morgan fingerprint density at radius 3 is 1.44 bits per heavy atom. The number of carboxylic acid groups (broad SMARTS) is 2. The summed E-state index contributed by atoms with van der Waals surface area (Å²) in [6, 6.07) is 0. The molecule has 2 N–H and O–H groups in total. The molecule has 0 aliphatic heterocycles. The number of carboxylic acids is 2. The first-order valence-electron chi connectivity index (χ1n) is 1.77. The van der Waals surface area contributed by atoms with E-state index >= 15 is 0 Å². The molecule has 0 saturated carbocycles. The third-order valence-corrected chi connectivity index (χ3v) is 0.368. The molecule has 0 rings (SSSR count).